The number of benzene rings is 4. The van der Waals surface area contributed by atoms with Gasteiger partial charge in [-0.05, 0) is 0 Å². The van der Waals surface area contributed by atoms with E-state index in [4.69, 9.17) is 0 Å². The van der Waals surface area contributed by atoms with Crippen LogP contribution in [-0.4, -0.2) is 3.21 Å². The molecule has 0 heterocycles. The van der Waals surface area contributed by atoms with E-state index in [0.29, 0.717) is 11.1 Å². The van der Waals surface area contributed by atoms with Gasteiger partial charge in [-0.3, -0.25) is 0 Å². The molecule has 0 saturated heterocycles. The van der Waals surface area contributed by atoms with E-state index >= 15 is 0 Å². The van der Waals surface area contributed by atoms with Gasteiger partial charge in [-0.15, -0.1) is 0 Å². The molecular weight excluding hydrogens is 793 g/mol. The summed E-state index contributed by atoms with van der Waals surface area (Å²) in [7, 11) is 0. The molecule has 2 aliphatic rings. The van der Waals surface area contributed by atoms with Crippen molar-refractivity contribution in [2.45, 2.75) is 80.6 Å². The number of aryl methyl sites for hydroxylation is 3. The first-order valence-electron chi connectivity index (χ1n) is 17.1. The molecule has 0 saturated carbocycles. The van der Waals surface area contributed by atoms with Crippen LogP contribution < -0.4 is 28.1 Å². The summed E-state index contributed by atoms with van der Waals surface area (Å²) in [6, 6.07) is 17.3. The largest absolute Gasteiger partial charge is 1.00 e. The Kier molecular flexibility index (Phi) is 12.3. The van der Waals surface area contributed by atoms with Crippen LogP contribution in [0.1, 0.15) is 89.8 Å². The van der Waals surface area contributed by atoms with Crippen LogP contribution in [0, 0.1) is 39.0 Å². The maximum absolute atomic E-state index is 13.8. The van der Waals surface area contributed by atoms with E-state index in [1.165, 1.54) is 69.8 Å². The molecule has 0 aromatic heterocycles. The molecule has 0 fully saturated rings. The quantitative estimate of drug-likeness (QED) is 0.193. The van der Waals surface area contributed by atoms with Crippen molar-refractivity contribution in [2.24, 2.45) is 11.3 Å². The molecule has 4 aromatic rings. The summed E-state index contributed by atoms with van der Waals surface area (Å²) < 4.78 is 86.5. The third-order valence-electron chi connectivity index (χ3n) is 10.5. The number of allylic oxidation sites excluding steroid dienone is 4. The topological polar surface area (TPSA) is 0 Å². The maximum Gasteiger partial charge on any atom is -1.00 e. The molecule has 52 heavy (non-hydrogen) atoms. The second-order valence-electron chi connectivity index (χ2n) is 14.9. The average Bonchev–Trinajstić information content (AvgIpc) is 3.62. The molecule has 0 amide bonds. The van der Waals surface area contributed by atoms with Gasteiger partial charge >= 0.3 is 301 Å². The van der Waals surface area contributed by atoms with Crippen LogP contribution in [0.4, 0.5) is 26.3 Å². The summed E-state index contributed by atoms with van der Waals surface area (Å²) in [6.45, 7) is 17.2. The zero-order chi connectivity index (χ0) is 36.5. The third kappa shape index (κ3) is 7.89. The van der Waals surface area contributed by atoms with E-state index < -0.39 is 44.7 Å². The number of halogens is 8. The molecule has 2 aliphatic carbocycles. The molecule has 6 rings (SSSR count). The molecule has 4 aromatic carbocycles. The first-order valence-corrected chi connectivity index (χ1v) is 20.8. The van der Waals surface area contributed by atoms with Gasteiger partial charge in [-0.25, -0.2) is 0 Å². The normalized spacial score (nSPS) is 15.1. The summed E-state index contributed by atoms with van der Waals surface area (Å²) in [6.07, 6.45) is -2.77. The minimum Gasteiger partial charge on any atom is -1.00 e. The molecule has 0 bridgehead atoms. The Labute approximate surface area is 323 Å². The van der Waals surface area contributed by atoms with E-state index in [1.54, 1.807) is 0 Å². The first kappa shape index (κ1) is 42.0. The van der Waals surface area contributed by atoms with Crippen LogP contribution in [0.25, 0.3) is 11.1 Å². The second kappa shape index (κ2) is 15.2. The van der Waals surface area contributed by atoms with Crippen LogP contribution in [0.5, 0.6) is 0 Å². The number of fused-ring (bicyclic) bond motifs is 3. The Morgan fingerprint density at radius 1 is 0.692 bits per heavy atom. The van der Waals surface area contributed by atoms with Crippen molar-refractivity contribution in [3.05, 3.63) is 143 Å². The zero-order valence-electron chi connectivity index (χ0n) is 30.5. The van der Waals surface area contributed by atoms with E-state index in [2.05, 4.69) is 85.7 Å². The van der Waals surface area contributed by atoms with Gasteiger partial charge in [-0.2, -0.15) is 0 Å². The fourth-order valence-corrected chi connectivity index (χ4v) is 16.7. The molecule has 0 aliphatic heterocycles. The molecule has 0 N–H and O–H groups in total. The molecular formula is C43H42Cl2F6Zr. The monoisotopic (exact) mass is 832 g/mol. The Hall–Kier alpha value is -2.73. The summed E-state index contributed by atoms with van der Waals surface area (Å²) >= 11 is -3.52. The number of hydrogen-bond acceptors (Lipinski definition) is 0. The molecule has 0 nitrogen and oxygen atoms in total. The third-order valence-corrected chi connectivity index (χ3v) is 18.7. The SMILES string of the molecule is CCC1C=C(C(C)(C)C)C=[C]1[Zr+2](=[C](c1ccc(C(F)(F)F)cc1)c1ccc(C(F)(F)F)cc1)[c]1c(C)c(C)cc2c1Cc1cc(C)c(C)cc1-2.[Cl-].[Cl-]. The number of rotatable bonds is 5. The molecule has 0 spiro atoms. The Balaban J connectivity index is 0.00000302. The average molecular weight is 835 g/mol. The first-order chi connectivity index (χ1) is 23.3. The predicted octanol–water partition coefficient (Wildman–Crippen LogP) is 5.95. The minimum absolute atomic E-state index is 0. The molecule has 1 atom stereocenters. The van der Waals surface area contributed by atoms with E-state index in [9.17, 15) is 26.3 Å². The van der Waals surface area contributed by atoms with Crippen molar-refractivity contribution in [1.29, 1.82) is 0 Å². The Bertz CT molecular complexity index is 2030. The second-order valence-corrected chi connectivity index (χ2v) is 20.6. The van der Waals surface area contributed by atoms with Gasteiger partial charge in [0.15, 0.2) is 0 Å². The molecule has 0 radical (unpaired) electrons. The molecule has 274 valence electrons. The van der Waals surface area contributed by atoms with Crippen molar-refractivity contribution >= 4 is 6.48 Å². The van der Waals surface area contributed by atoms with Crippen LogP contribution in [0.2, 0.25) is 0 Å². The van der Waals surface area contributed by atoms with Gasteiger partial charge in [0.2, 0.25) is 0 Å². The van der Waals surface area contributed by atoms with E-state index in [1.807, 2.05) is 0 Å². The van der Waals surface area contributed by atoms with Gasteiger partial charge in [-0.1, -0.05) is 0 Å². The van der Waals surface area contributed by atoms with Gasteiger partial charge in [0.25, 0.3) is 0 Å². The fraction of sp³-hybridized carbons (Fsp3) is 0.326. The van der Waals surface area contributed by atoms with Crippen LogP contribution in [0.3, 0.4) is 0 Å². The van der Waals surface area contributed by atoms with Crippen LogP contribution >= 0.6 is 0 Å². The van der Waals surface area contributed by atoms with Crippen molar-refractivity contribution in [2.75, 3.05) is 0 Å². The van der Waals surface area contributed by atoms with E-state index in [0.717, 1.165) is 51.4 Å². The van der Waals surface area contributed by atoms with Crippen LogP contribution in [-0.2, 0) is 40.0 Å². The minimum atomic E-state index is -4.52. The predicted molar refractivity (Wildman–Crippen MR) is 189 cm³/mol. The Morgan fingerprint density at radius 3 is 1.63 bits per heavy atom. The van der Waals surface area contributed by atoms with Gasteiger partial charge in [0.05, 0.1) is 0 Å². The molecule has 9 heteroatoms. The van der Waals surface area contributed by atoms with E-state index in [-0.39, 0.29) is 36.1 Å². The van der Waals surface area contributed by atoms with Crippen molar-refractivity contribution < 1.29 is 72.4 Å². The van der Waals surface area contributed by atoms with Crippen molar-refractivity contribution in [3.63, 3.8) is 0 Å². The van der Waals surface area contributed by atoms with Crippen molar-refractivity contribution in [1.82, 2.24) is 0 Å². The fourth-order valence-electron chi connectivity index (χ4n) is 7.41. The Morgan fingerprint density at radius 2 is 1.17 bits per heavy atom. The summed E-state index contributed by atoms with van der Waals surface area (Å²) in [4.78, 5) is 0. The standard InChI is InChI=1S/C17H17.C15H8F6.C11H17.2ClH.Zr/c1-10-5-14-9-15-6-11(2)13(4)8-17(15)16(14)7-12(10)3;16-14(17,18)12-5-1-10(2-6-12)9-11-3-7-13(8-4-11)15(19,20)21;1-5-9-6-7-10(8-9)11(2,3)4;;;/h5,7-8H,9H2,1-4H3;1-8H;7-9H,5H2,1-4H3;2*1H;/q;;;;;+2/p-2. The number of hydrogen-bond donors (Lipinski definition) is 0. The zero-order valence-corrected chi connectivity index (χ0v) is 34.5. The summed E-state index contributed by atoms with van der Waals surface area (Å²) in [5.41, 5.74) is 10.5. The number of alkyl halides is 6. The smallest absolute Gasteiger partial charge is 1.00 e. The van der Waals surface area contributed by atoms with Crippen LogP contribution in [0.15, 0.2) is 87.7 Å². The van der Waals surface area contributed by atoms with Gasteiger partial charge in [0.1, 0.15) is 0 Å². The summed E-state index contributed by atoms with van der Waals surface area (Å²) in [5.74, 6) is 0.112. The van der Waals surface area contributed by atoms with Gasteiger partial charge < -0.3 is 24.8 Å². The maximum atomic E-state index is 13.8. The van der Waals surface area contributed by atoms with Crippen molar-refractivity contribution in [3.8, 4) is 11.1 Å². The molecule has 1 unspecified atom stereocenters. The van der Waals surface area contributed by atoms with Gasteiger partial charge in [0, 0.05) is 0 Å². The summed E-state index contributed by atoms with van der Waals surface area (Å²) in [5, 5.41) is 0.